The van der Waals surface area contributed by atoms with Gasteiger partial charge in [-0.2, -0.15) is 0 Å². The maximum atomic E-state index is 9.58. The average Bonchev–Trinajstić information content (AvgIpc) is 2.38. The molecular weight excluding hydrogens is 226 g/mol. The Balaban J connectivity index is 3.10. The Morgan fingerprint density at radius 2 is 1.94 bits per heavy atom. The summed E-state index contributed by atoms with van der Waals surface area (Å²) in [6.45, 7) is 4.71. The molecular formula is C15H29NO2. The minimum atomic E-state index is -0.428. The van der Waals surface area contributed by atoms with Crippen LogP contribution in [0.3, 0.4) is 0 Å². The minimum absolute atomic E-state index is 0.415. The van der Waals surface area contributed by atoms with E-state index >= 15 is 0 Å². The summed E-state index contributed by atoms with van der Waals surface area (Å²) < 4.78 is 5.43. The van der Waals surface area contributed by atoms with E-state index < -0.39 is 6.10 Å². The van der Waals surface area contributed by atoms with Crippen LogP contribution in [0.1, 0.15) is 51.9 Å². The lowest BCUT2D eigenvalue weighted by Gasteiger charge is -2.11. The molecule has 106 valence electrons. The monoisotopic (exact) mass is 255 g/mol. The van der Waals surface area contributed by atoms with Gasteiger partial charge < -0.3 is 15.2 Å². The zero-order chi connectivity index (χ0) is 13.5. The van der Waals surface area contributed by atoms with Crippen LogP contribution in [-0.4, -0.2) is 37.5 Å². The maximum absolute atomic E-state index is 9.58. The van der Waals surface area contributed by atoms with Crippen molar-refractivity contribution >= 4 is 0 Å². The van der Waals surface area contributed by atoms with Gasteiger partial charge in [-0.25, -0.2) is 0 Å². The molecule has 0 spiro atoms. The quantitative estimate of drug-likeness (QED) is 0.392. The molecule has 0 saturated heterocycles. The largest absolute Gasteiger partial charge is 0.389 e. The van der Waals surface area contributed by atoms with Crippen molar-refractivity contribution in [1.82, 2.24) is 5.32 Å². The standard InChI is InChI=1S/C15H29NO2/c1-3-5-7-8-9-10-12-18-14-15(17)13-16-11-6-4-2/h2,15-17H,3,5-14H2,1H3. The van der Waals surface area contributed by atoms with Gasteiger partial charge in [0.05, 0.1) is 12.7 Å². The molecule has 0 aliphatic rings. The SMILES string of the molecule is C#CCCNCC(O)COCCCCCCCC. The van der Waals surface area contributed by atoms with Gasteiger partial charge in [-0.05, 0) is 6.42 Å². The van der Waals surface area contributed by atoms with Gasteiger partial charge in [0.2, 0.25) is 0 Å². The molecule has 0 fully saturated rings. The Kier molecular flexibility index (Phi) is 14.0. The van der Waals surface area contributed by atoms with Gasteiger partial charge >= 0.3 is 0 Å². The zero-order valence-corrected chi connectivity index (χ0v) is 11.8. The molecule has 3 nitrogen and oxygen atoms in total. The number of unbranched alkanes of at least 4 members (excludes halogenated alkanes) is 5. The Bertz CT molecular complexity index is 201. The van der Waals surface area contributed by atoms with Gasteiger partial charge in [0.25, 0.3) is 0 Å². The molecule has 0 saturated carbocycles. The molecule has 0 aromatic rings. The number of aliphatic hydroxyl groups excluding tert-OH is 1. The smallest absolute Gasteiger partial charge is 0.0897 e. The summed E-state index contributed by atoms with van der Waals surface area (Å²) in [6, 6.07) is 0. The lowest BCUT2D eigenvalue weighted by molar-refractivity contribution is 0.0356. The first-order chi connectivity index (χ1) is 8.81. The van der Waals surface area contributed by atoms with Gasteiger partial charge in [0.15, 0.2) is 0 Å². The lowest BCUT2D eigenvalue weighted by atomic mass is 10.1. The molecule has 0 aliphatic heterocycles. The number of ether oxygens (including phenoxy) is 1. The van der Waals surface area contributed by atoms with Gasteiger partial charge in [0.1, 0.15) is 0 Å². The van der Waals surface area contributed by atoms with Gasteiger partial charge in [-0.15, -0.1) is 12.3 Å². The highest BCUT2D eigenvalue weighted by molar-refractivity contribution is 4.84. The second kappa shape index (κ2) is 14.5. The van der Waals surface area contributed by atoms with E-state index in [4.69, 9.17) is 11.2 Å². The minimum Gasteiger partial charge on any atom is -0.389 e. The van der Waals surface area contributed by atoms with Crippen molar-refractivity contribution in [2.75, 3.05) is 26.3 Å². The molecule has 0 heterocycles. The molecule has 0 bridgehead atoms. The molecule has 0 aromatic carbocycles. The van der Waals surface area contributed by atoms with E-state index in [0.717, 1.165) is 19.6 Å². The van der Waals surface area contributed by atoms with Gasteiger partial charge in [0, 0.05) is 26.1 Å². The summed E-state index contributed by atoms with van der Waals surface area (Å²) in [6.07, 6.45) is 13.0. The number of nitrogens with one attached hydrogen (secondary N) is 1. The Morgan fingerprint density at radius 1 is 1.22 bits per heavy atom. The van der Waals surface area contributed by atoms with Crippen molar-refractivity contribution in [3.8, 4) is 12.3 Å². The fourth-order valence-corrected chi connectivity index (χ4v) is 1.69. The summed E-state index contributed by atoms with van der Waals surface area (Å²) in [5, 5.41) is 12.7. The predicted molar refractivity (Wildman–Crippen MR) is 76.5 cm³/mol. The topological polar surface area (TPSA) is 41.5 Å². The van der Waals surface area contributed by atoms with Crippen LogP contribution in [0.2, 0.25) is 0 Å². The second-order valence-electron chi connectivity index (χ2n) is 4.65. The number of rotatable bonds is 13. The molecule has 1 atom stereocenters. The molecule has 0 aromatic heterocycles. The molecule has 3 heteroatoms. The molecule has 2 N–H and O–H groups in total. The lowest BCUT2D eigenvalue weighted by Crippen LogP contribution is -2.31. The normalized spacial score (nSPS) is 12.3. The fourth-order valence-electron chi connectivity index (χ4n) is 1.69. The van der Waals surface area contributed by atoms with Crippen LogP contribution in [0.15, 0.2) is 0 Å². The predicted octanol–water partition coefficient (Wildman–Crippen LogP) is 2.34. The Hall–Kier alpha value is -0.560. The van der Waals surface area contributed by atoms with E-state index in [1.54, 1.807) is 0 Å². The van der Waals surface area contributed by atoms with E-state index in [9.17, 15) is 5.11 Å². The summed E-state index contributed by atoms with van der Waals surface area (Å²) >= 11 is 0. The Labute approximate surface area is 112 Å². The van der Waals surface area contributed by atoms with Gasteiger partial charge in [-0.1, -0.05) is 39.0 Å². The first-order valence-corrected chi connectivity index (χ1v) is 7.21. The summed E-state index contributed by atoms with van der Waals surface area (Å²) in [5.74, 6) is 2.55. The molecule has 0 amide bonds. The van der Waals surface area contributed by atoms with Crippen LogP contribution >= 0.6 is 0 Å². The highest BCUT2D eigenvalue weighted by Gasteiger charge is 2.02. The number of hydrogen-bond acceptors (Lipinski definition) is 3. The first-order valence-electron chi connectivity index (χ1n) is 7.21. The molecule has 0 radical (unpaired) electrons. The van der Waals surface area contributed by atoms with E-state index in [1.807, 2.05) is 0 Å². The van der Waals surface area contributed by atoms with Crippen LogP contribution < -0.4 is 5.32 Å². The van der Waals surface area contributed by atoms with Crippen LogP contribution in [0.4, 0.5) is 0 Å². The van der Waals surface area contributed by atoms with Crippen molar-refractivity contribution in [3.05, 3.63) is 0 Å². The Morgan fingerprint density at radius 3 is 2.67 bits per heavy atom. The zero-order valence-electron chi connectivity index (χ0n) is 11.8. The van der Waals surface area contributed by atoms with Crippen molar-refractivity contribution in [2.45, 2.75) is 58.0 Å². The van der Waals surface area contributed by atoms with Crippen molar-refractivity contribution in [1.29, 1.82) is 0 Å². The third kappa shape index (κ3) is 13.5. The highest BCUT2D eigenvalue weighted by Crippen LogP contribution is 2.04. The van der Waals surface area contributed by atoms with Gasteiger partial charge in [-0.3, -0.25) is 0 Å². The first kappa shape index (κ1) is 17.4. The number of aliphatic hydroxyl groups is 1. The summed E-state index contributed by atoms with van der Waals surface area (Å²) in [5.41, 5.74) is 0. The van der Waals surface area contributed by atoms with Crippen LogP contribution in [0, 0.1) is 12.3 Å². The third-order valence-electron chi connectivity index (χ3n) is 2.78. The molecule has 0 rings (SSSR count). The third-order valence-corrected chi connectivity index (χ3v) is 2.78. The van der Waals surface area contributed by atoms with E-state index in [-0.39, 0.29) is 0 Å². The van der Waals surface area contributed by atoms with Crippen molar-refractivity contribution in [3.63, 3.8) is 0 Å². The second-order valence-corrected chi connectivity index (χ2v) is 4.65. The molecule has 0 aliphatic carbocycles. The van der Waals surface area contributed by atoms with E-state index in [0.29, 0.717) is 19.6 Å². The van der Waals surface area contributed by atoms with Crippen LogP contribution in [0.25, 0.3) is 0 Å². The number of terminal acetylenes is 1. The van der Waals surface area contributed by atoms with Crippen LogP contribution in [0.5, 0.6) is 0 Å². The van der Waals surface area contributed by atoms with E-state index in [2.05, 4.69) is 18.2 Å². The molecule has 18 heavy (non-hydrogen) atoms. The van der Waals surface area contributed by atoms with Crippen LogP contribution in [-0.2, 0) is 4.74 Å². The number of hydrogen-bond donors (Lipinski definition) is 2. The fraction of sp³-hybridized carbons (Fsp3) is 0.867. The van der Waals surface area contributed by atoms with Crippen molar-refractivity contribution in [2.24, 2.45) is 0 Å². The summed E-state index contributed by atoms with van der Waals surface area (Å²) in [4.78, 5) is 0. The highest BCUT2D eigenvalue weighted by atomic mass is 16.5. The van der Waals surface area contributed by atoms with Crippen molar-refractivity contribution < 1.29 is 9.84 Å². The molecule has 1 unspecified atom stereocenters. The average molecular weight is 255 g/mol. The van der Waals surface area contributed by atoms with E-state index in [1.165, 1.54) is 32.1 Å². The summed E-state index contributed by atoms with van der Waals surface area (Å²) in [7, 11) is 0. The maximum Gasteiger partial charge on any atom is 0.0897 e.